The van der Waals surface area contributed by atoms with Crippen LogP contribution in [0.3, 0.4) is 0 Å². The fourth-order valence-corrected chi connectivity index (χ4v) is 3.27. The number of fused-ring (bicyclic) bond motifs is 1. The Morgan fingerprint density at radius 2 is 1.67 bits per heavy atom. The summed E-state index contributed by atoms with van der Waals surface area (Å²) in [4.78, 5) is 49.1. The number of ether oxygens (including phenoxy) is 1. The molecule has 0 saturated carbocycles. The molecule has 3 N–H and O–H groups in total. The molecule has 0 bridgehead atoms. The lowest BCUT2D eigenvalue weighted by atomic mass is 9.99. The molecule has 1 aromatic rings. The highest BCUT2D eigenvalue weighted by molar-refractivity contribution is 6.43. The van der Waals surface area contributed by atoms with Crippen LogP contribution in [0.25, 0.3) is 0 Å². The fourth-order valence-electron chi connectivity index (χ4n) is 3.27. The summed E-state index contributed by atoms with van der Waals surface area (Å²) in [6.45, 7) is 7.09. The topological polar surface area (TPSA) is 120 Å². The molecular formula is C19H24F3N3O5. The van der Waals surface area contributed by atoms with Gasteiger partial charge in [-0.3, -0.25) is 14.4 Å². The predicted octanol–water partition coefficient (Wildman–Crippen LogP) is 1.80. The average Bonchev–Trinajstić information content (AvgIpc) is 3.10. The zero-order chi connectivity index (χ0) is 23.2. The Bertz CT molecular complexity index is 927. The van der Waals surface area contributed by atoms with Crippen molar-refractivity contribution in [3.63, 3.8) is 0 Å². The minimum absolute atomic E-state index is 0.118. The van der Waals surface area contributed by atoms with E-state index in [9.17, 15) is 32.3 Å². The molecular weight excluding hydrogens is 407 g/mol. The van der Waals surface area contributed by atoms with E-state index in [1.165, 1.54) is 16.8 Å². The van der Waals surface area contributed by atoms with E-state index in [4.69, 9.17) is 10.5 Å². The Morgan fingerprint density at radius 3 is 2.13 bits per heavy atom. The van der Waals surface area contributed by atoms with Crippen LogP contribution in [-0.2, 0) is 27.3 Å². The van der Waals surface area contributed by atoms with Gasteiger partial charge in [-0.1, -0.05) is 0 Å². The molecule has 0 radical (unpaired) electrons. The van der Waals surface area contributed by atoms with E-state index in [1.807, 2.05) is 0 Å². The molecule has 0 unspecified atom stereocenters. The summed E-state index contributed by atoms with van der Waals surface area (Å²) in [6, 6.07) is 0. The summed E-state index contributed by atoms with van der Waals surface area (Å²) < 4.78 is 46.6. The van der Waals surface area contributed by atoms with Crippen LogP contribution in [0.15, 0.2) is 0 Å². The number of carbonyl (C=O) groups is 4. The quantitative estimate of drug-likeness (QED) is 0.418. The molecule has 0 aliphatic carbocycles. The van der Waals surface area contributed by atoms with E-state index in [2.05, 4.69) is 0 Å². The highest BCUT2D eigenvalue weighted by atomic mass is 19.4. The summed E-state index contributed by atoms with van der Waals surface area (Å²) in [7, 11) is 0. The van der Waals surface area contributed by atoms with Crippen molar-refractivity contribution >= 4 is 23.6 Å². The van der Waals surface area contributed by atoms with Gasteiger partial charge in [0, 0.05) is 12.2 Å². The van der Waals surface area contributed by atoms with E-state index < -0.39 is 40.9 Å². The largest absolute Gasteiger partial charge is 0.456 e. The van der Waals surface area contributed by atoms with Crippen molar-refractivity contribution in [1.29, 1.82) is 0 Å². The summed E-state index contributed by atoms with van der Waals surface area (Å²) in [5.74, 6) is -5.51. The standard InChI is InChI=1S/C19H24F3N3O5/c1-9-11(15(28)30-17(2,3)4)10-7-6-8-25(10)12(9)13(26)14(27)24-18(5,16(23)29)19(20,21)22/h6-8H2,1-5H3,(H2,23,29)(H,24,27)/t18-/m1/s1. The van der Waals surface area contributed by atoms with Crippen LogP contribution in [0, 0.1) is 6.92 Å². The molecule has 0 spiro atoms. The lowest BCUT2D eigenvalue weighted by molar-refractivity contribution is -0.194. The van der Waals surface area contributed by atoms with Crippen molar-refractivity contribution in [1.82, 2.24) is 9.88 Å². The molecule has 0 saturated heterocycles. The summed E-state index contributed by atoms with van der Waals surface area (Å²) in [5, 5.41) is 1.41. The van der Waals surface area contributed by atoms with Crippen LogP contribution in [0.2, 0.25) is 0 Å². The highest BCUT2D eigenvalue weighted by Crippen LogP contribution is 2.32. The number of carbonyl (C=O) groups excluding carboxylic acids is 4. The summed E-state index contributed by atoms with van der Waals surface area (Å²) in [6.07, 6.45) is -4.20. The molecule has 1 atom stereocenters. The average molecular weight is 431 g/mol. The number of hydrogen-bond acceptors (Lipinski definition) is 5. The first kappa shape index (κ1) is 23.4. The van der Waals surface area contributed by atoms with Crippen LogP contribution in [0.1, 0.15) is 66.2 Å². The van der Waals surface area contributed by atoms with E-state index >= 15 is 0 Å². The van der Waals surface area contributed by atoms with Gasteiger partial charge in [0.25, 0.3) is 17.6 Å². The Morgan fingerprint density at radius 1 is 1.10 bits per heavy atom. The number of esters is 1. The molecule has 30 heavy (non-hydrogen) atoms. The Hall–Kier alpha value is -2.85. The van der Waals surface area contributed by atoms with Gasteiger partial charge in [-0.2, -0.15) is 13.2 Å². The highest BCUT2D eigenvalue weighted by Gasteiger charge is 2.57. The lowest BCUT2D eigenvalue weighted by Crippen LogP contribution is -2.65. The second-order valence-electron chi connectivity index (χ2n) is 8.32. The number of rotatable bonds is 5. The summed E-state index contributed by atoms with van der Waals surface area (Å²) in [5.41, 5.74) is 1.09. The first-order valence-corrected chi connectivity index (χ1v) is 9.20. The molecule has 1 aromatic heterocycles. The van der Waals surface area contributed by atoms with Gasteiger partial charge in [-0.25, -0.2) is 4.79 Å². The molecule has 8 nitrogen and oxygen atoms in total. The number of nitrogens with one attached hydrogen (secondary N) is 1. The molecule has 0 aromatic carbocycles. The van der Waals surface area contributed by atoms with Gasteiger partial charge < -0.3 is 20.4 Å². The third kappa shape index (κ3) is 4.05. The van der Waals surface area contributed by atoms with Crippen LogP contribution < -0.4 is 11.1 Å². The monoisotopic (exact) mass is 431 g/mol. The number of alkyl halides is 3. The normalized spacial score (nSPS) is 15.9. The third-order valence-electron chi connectivity index (χ3n) is 4.86. The van der Waals surface area contributed by atoms with Gasteiger partial charge >= 0.3 is 12.1 Å². The first-order valence-electron chi connectivity index (χ1n) is 9.20. The number of hydrogen-bond donors (Lipinski definition) is 2. The SMILES string of the molecule is Cc1c(C(=O)OC(C)(C)C)c2n(c1C(=O)C(=O)N[C@](C)(C(N)=O)C(F)(F)F)CCC2. The fraction of sp³-hybridized carbons (Fsp3) is 0.579. The number of nitrogens with two attached hydrogens (primary N) is 1. The number of halogens is 3. The van der Waals surface area contributed by atoms with Gasteiger partial charge in [0.2, 0.25) is 5.54 Å². The van der Waals surface area contributed by atoms with Crippen molar-refractivity contribution in [2.24, 2.45) is 5.73 Å². The number of primary amides is 1. The van der Waals surface area contributed by atoms with Crippen molar-refractivity contribution in [3.05, 3.63) is 22.5 Å². The van der Waals surface area contributed by atoms with E-state index in [0.29, 0.717) is 32.0 Å². The second-order valence-corrected chi connectivity index (χ2v) is 8.32. The van der Waals surface area contributed by atoms with Crippen molar-refractivity contribution in [2.75, 3.05) is 0 Å². The summed E-state index contributed by atoms with van der Waals surface area (Å²) >= 11 is 0. The third-order valence-corrected chi connectivity index (χ3v) is 4.86. The van der Waals surface area contributed by atoms with Gasteiger partial charge in [-0.15, -0.1) is 0 Å². The van der Waals surface area contributed by atoms with E-state index in [0.717, 1.165) is 0 Å². The number of ketones is 1. The van der Waals surface area contributed by atoms with Gasteiger partial charge in [0.1, 0.15) is 5.60 Å². The Balaban J connectivity index is 2.46. The predicted molar refractivity (Wildman–Crippen MR) is 98.8 cm³/mol. The molecule has 1 aliphatic rings. The number of aromatic nitrogens is 1. The van der Waals surface area contributed by atoms with Gasteiger partial charge in [0.15, 0.2) is 0 Å². The zero-order valence-corrected chi connectivity index (χ0v) is 17.3. The van der Waals surface area contributed by atoms with Gasteiger partial charge in [0.05, 0.1) is 11.3 Å². The number of Topliss-reactive ketones (excluding diaryl/α,β-unsaturated/α-hetero) is 1. The molecule has 2 amide bonds. The zero-order valence-electron chi connectivity index (χ0n) is 17.3. The van der Waals surface area contributed by atoms with Gasteiger partial charge in [-0.05, 0) is 53.0 Å². The number of nitrogens with zero attached hydrogens (tertiary/aromatic N) is 1. The Labute approximate surface area is 170 Å². The maximum Gasteiger partial charge on any atom is 0.420 e. The maximum absolute atomic E-state index is 13.3. The molecule has 1 aliphatic heterocycles. The van der Waals surface area contributed by atoms with Crippen molar-refractivity contribution in [3.8, 4) is 0 Å². The first-order chi connectivity index (χ1) is 13.5. The number of amides is 2. The van der Waals surface area contributed by atoms with Crippen molar-refractivity contribution < 1.29 is 37.1 Å². The minimum atomic E-state index is -5.22. The molecule has 2 rings (SSSR count). The Kier molecular flexibility index (Phi) is 5.81. The van der Waals surface area contributed by atoms with Crippen LogP contribution in [0.5, 0.6) is 0 Å². The molecule has 166 valence electrons. The lowest BCUT2D eigenvalue weighted by Gasteiger charge is -2.29. The smallest absolute Gasteiger partial charge is 0.420 e. The van der Waals surface area contributed by atoms with E-state index in [-0.39, 0.29) is 16.8 Å². The molecule has 0 fully saturated rings. The van der Waals surface area contributed by atoms with Crippen LogP contribution in [0.4, 0.5) is 13.2 Å². The molecule has 11 heteroatoms. The molecule has 2 heterocycles. The van der Waals surface area contributed by atoms with Crippen molar-refractivity contribution in [2.45, 2.75) is 71.3 Å². The van der Waals surface area contributed by atoms with Crippen LogP contribution >= 0.6 is 0 Å². The second kappa shape index (κ2) is 7.44. The van der Waals surface area contributed by atoms with Crippen LogP contribution in [-0.4, -0.2) is 45.5 Å². The maximum atomic E-state index is 13.3. The van der Waals surface area contributed by atoms with E-state index in [1.54, 1.807) is 20.8 Å². The minimum Gasteiger partial charge on any atom is -0.456 e.